The van der Waals surface area contributed by atoms with Crippen molar-refractivity contribution in [2.75, 3.05) is 32.7 Å². The van der Waals surface area contributed by atoms with Crippen molar-refractivity contribution in [2.24, 2.45) is 12.0 Å². The number of hydrogen-bond acceptors (Lipinski definition) is 5. The van der Waals surface area contributed by atoms with Gasteiger partial charge in [0.2, 0.25) is 0 Å². The molecule has 9 heteroatoms. The van der Waals surface area contributed by atoms with Crippen LogP contribution < -0.4 is 10.6 Å². The monoisotopic (exact) mass is 558 g/mol. The molecule has 0 radical (unpaired) electrons. The number of nitrogens with one attached hydrogen (secondary N) is 2. The van der Waals surface area contributed by atoms with Gasteiger partial charge in [0.05, 0.1) is 0 Å². The van der Waals surface area contributed by atoms with Gasteiger partial charge in [-0.25, -0.2) is 4.99 Å². The van der Waals surface area contributed by atoms with Crippen LogP contribution in [-0.2, 0) is 13.6 Å². The average molecular weight is 559 g/mol. The minimum atomic E-state index is 0. The Balaban J connectivity index is 0.00000289. The van der Waals surface area contributed by atoms with E-state index in [9.17, 15) is 0 Å². The fraction of sp³-hybridized carbons (Fsp3) is 0.870. The summed E-state index contributed by atoms with van der Waals surface area (Å²) in [6.45, 7) is 10.5. The lowest BCUT2D eigenvalue weighted by Crippen LogP contribution is -2.52. The Morgan fingerprint density at radius 1 is 1.03 bits per heavy atom. The molecule has 1 saturated carbocycles. The Labute approximate surface area is 211 Å². The van der Waals surface area contributed by atoms with Crippen LogP contribution in [-0.4, -0.2) is 81.4 Å². The molecule has 1 unspecified atom stereocenters. The first-order valence-electron chi connectivity index (χ1n) is 12.5. The number of guanidine groups is 1. The molecule has 1 atom stereocenters. The number of hydrogen-bond donors (Lipinski definition) is 2. The molecule has 0 spiro atoms. The Bertz CT molecular complexity index is 722. The Morgan fingerprint density at radius 2 is 1.78 bits per heavy atom. The number of likely N-dealkylation sites (N-methyl/N-ethyl adjacent to an activating group) is 1. The summed E-state index contributed by atoms with van der Waals surface area (Å²) < 4.78 is 2.02. The fourth-order valence-electron chi connectivity index (χ4n) is 5.52. The second-order valence-corrected chi connectivity index (χ2v) is 9.59. The van der Waals surface area contributed by atoms with E-state index in [-0.39, 0.29) is 24.0 Å². The van der Waals surface area contributed by atoms with Crippen molar-refractivity contribution in [1.29, 1.82) is 0 Å². The lowest BCUT2D eigenvalue weighted by Gasteiger charge is -2.36. The zero-order valence-corrected chi connectivity index (χ0v) is 22.6. The van der Waals surface area contributed by atoms with Crippen molar-refractivity contribution < 1.29 is 0 Å². The minimum Gasteiger partial charge on any atom is -0.355 e. The molecule has 3 heterocycles. The van der Waals surface area contributed by atoms with Gasteiger partial charge >= 0.3 is 0 Å². The van der Waals surface area contributed by atoms with Gasteiger partial charge in [-0.2, -0.15) is 0 Å². The van der Waals surface area contributed by atoms with Crippen molar-refractivity contribution in [3.63, 3.8) is 0 Å². The largest absolute Gasteiger partial charge is 0.355 e. The maximum Gasteiger partial charge on any atom is 0.191 e. The Hall–Kier alpha value is -0.940. The van der Waals surface area contributed by atoms with E-state index in [1.54, 1.807) is 0 Å². The molecule has 2 saturated heterocycles. The van der Waals surface area contributed by atoms with Gasteiger partial charge in [-0.1, -0.05) is 19.8 Å². The van der Waals surface area contributed by atoms with Gasteiger partial charge in [0.15, 0.2) is 11.8 Å². The minimum absolute atomic E-state index is 0. The Kier molecular flexibility index (Phi) is 10.0. The number of piperidine rings is 1. The summed E-state index contributed by atoms with van der Waals surface area (Å²) in [5.41, 5.74) is 0. The number of likely N-dealkylation sites (tertiary alicyclic amines) is 2. The van der Waals surface area contributed by atoms with E-state index < -0.39 is 0 Å². The van der Waals surface area contributed by atoms with E-state index in [0.717, 1.165) is 36.7 Å². The average Bonchev–Trinajstić information content (AvgIpc) is 3.54. The van der Waals surface area contributed by atoms with Gasteiger partial charge in [-0.3, -0.25) is 4.90 Å². The van der Waals surface area contributed by atoms with Gasteiger partial charge in [-0.15, -0.1) is 34.2 Å². The zero-order valence-electron chi connectivity index (χ0n) is 20.2. The molecule has 0 aromatic carbocycles. The quantitative estimate of drug-likeness (QED) is 0.305. The van der Waals surface area contributed by atoms with Crippen LogP contribution in [0.25, 0.3) is 0 Å². The molecule has 0 bridgehead atoms. The maximum absolute atomic E-state index is 4.91. The highest BCUT2D eigenvalue weighted by molar-refractivity contribution is 14.0. The number of rotatable bonds is 7. The van der Waals surface area contributed by atoms with Crippen molar-refractivity contribution in [2.45, 2.75) is 89.9 Å². The zero-order chi connectivity index (χ0) is 21.6. The van der Waals surface area contributed by atoms with E-state index in [0.29, 0.717) is 18.6 Å². The van der Waals surface area contributed by atoms with Gasteiger partial charge in [0, 0.05) is 44.8 Å². The first-order valence-corrected chi connectivity index (χ1v) is 12.5. The number of halogens is 1. The summed E-state index contributed by atoms with van der Waals surface area (Å²) >= 11 is 0. The summed E-state index contributed by atoms with van der Waals surface area (Å²) in [6, 6.07) is 1.95. The first-order chi connectivity index (χ1) is 15.1. The fourth-order valence-corrected chi connectivity index (χ4v) is 5.52. The highest BCUT2D eigenvalue weighted by atomic mass is 127. The predicted octanol–water partition coefficient (Wildman–Crippen LogP) is 2.67. The van der Waals surface area contributed by atoms with E-state index in [4.69, 9.17) is 4.99 Å². The smallest absolute Gasteiger partial charge is 0.191 e. The topological polar surface area (TPSA) is 73.6 Å². The molecule has 1 aromatic rings. The molecule has 8 nitrogen and oxygen atoms in total. The summed E-state index contributed by atoms with van der Waals surface area (Å²) in [5, 5.41) is 15.9. The lowest BCUT2D eigenvalue weighted by molar-refractivity contribution is 0.150. The van der Waals surface area contributed by atoms with Gasteiger partial charge in [0.1, 0.15) is 12.4 Å². The molecular formula is C23H43IN8. The van der Waals surface area contributed by atoms with Gasteiger partial charge < -0.3 is 20.1 Å². The third-order valence-corrected chi connectivity index (χ3v) is 7.68. The summed E-state index contributed by atoms with van der Waals surface area (Å²) in [7, 11) is 2.01. The molecule has 2 aliphatic heterocycles. The van der Waals surface area contributed by atoms with Crippen LogP contribution in [0.5, 0.6) is 0 Å². The second-order valence-electron chi connectivity index (χ2n) is 9.59. The predicted molar refractivity (Wildman–Crippen MR) is 141 cm³/mol. The number of aliphatic imine (C=N–C) groups is 1. The number of aryl methyl sites for hydroxylation is 1. The SMILES string of the molecule is CCN1CCCC1CNC(=NCc1nnc(C)n1C)NC1CCN(C2CCCC2)CC1.I. The molecular weight excluding hydrogens is 515 g/mol. The standard InChI is InChI=1S/C23H42N8.HI/c1-4-30-13-7-10-21(30)16-24-23(25-17-22-28-27-18(2)29(22)3)26-19-11-14-31(15-12-19)20-8-5-6-9-20;/h19-21H,4-17H2,1-3H3,(H2,24,25,26);1H. The van der Waals surface area contributed by atoms with E-state index in [1.807, 2.05) is 18.5 Å². The molecule has 3 aliphatic rings. The third kappa shape index (κ3) is 6.56. The van der Waals surface area contributed by atoms with Crippen molar-refractivity contribution in [1.82, 2.24) is 35.2 Å². The molecule has 4 rings (SSSR count). The van der Waals surface area contributed by atoms with Crippen molar-refractivity contribution in [3.05, 3.63) is 11.6 Å². The molecule has 182 valence electrons. The van der Waals surface area contributed by atoms with Crippen LogP contribution in [0.15, 0.2) is 4.99 Å². The Morgan fingerprint density at radius 3 is 2.44 bits per heavy atom. The number of aromatic nitrogens is 3. The summed E-state index contributed by atoms with van der Waals surface area (Å²) in [5.74, 6) is 2.77. The highest BCUT2D eigenvalue weighted by Gasteiger charge is 2.28. The van der Waals surface area contributed by atoms with Crippen LogP contribution in [0.3, 0.4) is 0 Å². The van der Waals surface area contributed by atoms with Crippen LogP contribution in [0.1, 0.15) is 69.9 Å². The van der Waals surface area contributed by atoms with E-state index in [1.165, 1.54) is 71.0 Å². The second kappa shape index (κ2) is 12.5. The van der Waals surface area contributed by atoms with Crippen molar-refractivity contribution in [3.8, 4) is 0 Å². The molecule has 1 aromatic heterocycles. The maximum atomic E-state index is 4.91. The van der Waals surface area contributed by atoms with E-state index in [2.05, 4.69) is 37.6 Å². The van der Waals surface area contributed by atoms with Crippen LogP contribution in [0.2, 0.25) is 0 Å². The van der Waals surface area contributed by atoms with Crippen LogP contribution in [0.4, 0.5) is 0 Å². The molecule has 0 amide bonds. The molecule has 3 fully saturated rings. The van der Waals surface area contributed by atoms with Crippen molar-refractivity contribution >= 4 is 29.9 Å². The molecule has 1 aliphatic carbocycles. The third-order valence-electron chi connectivity index (χ3n) is 7.68. The van der Waals surface area contributed by atoms with Crippen LogP contribution >= 0.6 is 24.0 Å². The normalized spacial score (nSPS) is 24.1. The number of nitrogens with zero attached hydrogens (tertiary/aromatic N) is 6. The van der Waals surface area contributed by atoms with Gasteiger partial charge in [-0.05, 0) is 58.5 Å². The van der Waals surface area contributed by atoms with E-state index >= 15 is 0 Å². The highest BCUT2D eigenvalue weighted by Crippen LogP contribution is 2.26. The van der Waals surface area contributed by atoms with Gasteiger partial charge in [0.25, 0.3) is 0 Å². The summed E-state index contributed by atoms with van der Waals surface area (Å²) in [4.78, 5) is 10.2. The molecule has 32 heavy (non-hydrogen) atoms. The summed E-state index contributed by atoms with van der Waals surface area (Å²) in [6.07, 6.45) is 10.6. The first kappa shape index (κ1) is 25.7. The van der Waals surface area contributed by atoms with Crippen LogP contribution in [0, 0.1) is 6.92 Å². The molecule has 2 N–H and O–H groups in total. The lowest BCUT2D eigenvalue weighted by atomic mass is 10.0.